The highest BCUT2D eigenvalue weighted by atomic mass is 16.7. The van der Waals surface area contributed by atoms with Gasteiger partial charge in [-0.1, -0.05) is 13.8 Å². The molecule has 78 valence electrons. The highest BCUT2D eigenvalue weighted by molar-refractivity contribution is 5.77. The summed E-state index contributed by atoms with van der Waals surface area (Å²) in [6, 6.07) is 0. The van der Waals surface area contributed by atoms with Crippen molar-refractivity contribution in [2.75, 3.05) is 13.7 Å². The number of nitrogens with zero attached hydrogens (tertiary/aromatic N) is 1. The molecule has 0 bridgehead atoms. The molecule has 0 atom stereocenters. The smallest absolute Gasteiger partial charge is 0.246 e. The van der Waals surface area contributed by atoms with Crippen LogP contribution >= 0.6 is 0 Å². The number of rotatable bonds is 5. The van der Waals surface area contributed by atoms with E-state index >= 15 is 0 Å². The maximum atomic E-state index is 10.9. The zero-order valence-corrected chi connectivity index (χ0v) is 8.87. The van der Waals surface area contributed by atoms with Gasteiger partial charge in [-0.2, -0.15) is 0 Å². The van der Waals surface area contributed by atoms with Crippen LogP contribution in [0.5, 0.6) is 0 Å². The molecule has 0 aromatic heterocycles. The summed E-state index contributed by atoms with van der Waals surface area (Å²) in [5, 5.41) is 1.16. The molecule has 0 aliphatic rings. The molecule has 13 heavy (non-hydrogen) atoms. The monoisotopic (exact) mass is 189 g/mol. The van der Waals surface area contributed by atoms with Crippen molar-refractivity contribution in [3.05, 3.63) is 0 Å². The second-order valence-corrected chi connectivity index (χ2v) is 2.01. The van der Waals surface area contributed by atoms with Crippen LogP contribution in [-0.2, 0) is 14.4 Å². The highest BCUT2D eigenvalue weighted by Gasteiger charge is 2.06. The van der Waals surface area contributed by atoms with E-state index in [1.807, 2.05) is 13.8 Å². The summed E-state index contributed by atoms with van der Waals surface area (Å²) >= 11 is 0. The second-order valence-electron chi connectivity index (χ2n) is 2.01. The van der Waals surface area contributed by atoms with Crippen LogP contribution in [0.15, 0.2) is 0 Å². The molecular formula is C9H19NO3. The molecule has 0 radical (unpaired) electrons. The summed E-state index contributed by atoms with van der Waals surface area (Å²) < 4.78 is 0. The molecule has 0 saturated carbocycles. The molecule has 1 amide bonds. The molecule has 0 rings (SSSR count). The topological polar surface area (TPSA) is 46.6 Å². The standard InChI is InChI=1S/C7H13NO3.C2H6/c1-3-11-8(2)7(10)5-4-6-9;1-2/h6H,3-5H2,1-2H3;1-2H3. The summed E-state index contributed by atoms with van der Waals surface area (Å²) in [4.78, 5) is 25.7. The quantitative estimate of drug-likeness (QED) is 0.485. The van der Waals surface area contributed by atoms with Gasteiger partial charge in [0.1, 0.15) is 6.29 Å². The third-order valence-electron chi connectivity index (χ3n) is 1.15. The normalized spacial score (nSPS) is 8.31. The first-order valence-corrected chi connectivity index (χ1v) is 4.55. The first kappa shape index (κ1) is 14.6. The minimum atomic E-state index is -0.168. The number of hydrogen-bond donors (Lipinski definition) is 0. The SMILES string of the molecule is CC.CCON(C)C(=O)CCC=O. The molecule has 0 aliphatic carbocycles. The number of hydroxylamine groups is 2. The summed E-state index contributed by atoms with van der Waals surface area (Å²) in [6.45, 7) is 6.26. The summed E-state index contributed by atoms with van der Waals surface area (Å²) in [6.07, 6.45) is 1.20. The molecule has 0 aromatic carbocycles. The van der Waals surface area contributed by atoms with E-state index in [2.05, 4.69) is 0 Å². The molecule has 0 saturated heterocycles. The fourth-order valence-electron chi connectivity index (χ4n) is 0.605. The van der Waals surface area contributed by atoms with Gasteiger partial charge in [0.2, 0.25) is 5.91 Å². The third-order valence-corrected chi connectivity index (χ3v) is 1.15. The lowest BCUT2D eigenvalue weighted by Gasteiger charge is -2.14. The van der Waals surface area contributed by atoms with E-state index in [0.717, 1.165) is 11.3 Å². The van der Waals surface area contributed by atoms with Gasteiger partial charge in [-0.15, -0.1) is 0 Å². The Kier molecular flexibility index (Phi) is 12.5. The third kappa shape index (κ3) is 9.01. The van der Waals surface area contributed by atoms with Crippen LogP contribution in [0.4, 0.5) is 0 Å². The Hall–Kier alpha value is -0.900. The van der Waals surface area contributed by atoms with Gasteiger partial charge in [0.15, 0.2) is 0 Å². The van der Waals surface area contributed by atoms with Crippen molar-refractivity contribution in [3.63, 3.8) is 0 Å². The number of carbonyl (C=O) groups excluding carboxylic acids is 2. The molecule has 4 nitrogen and oxygen atoms in total. The molecule has 0 spiro atoms. The Bertz CT molecular complexity index is 137. The minimum Gasteiger partial charge on any atom is -0.303 e. The Morgan fingerprint density at radius 1 is 1.46 bits per heavy atom. The molecule has 0 heterocycles. The van der Waals surface area contributed by atoms with Gasteiger partial charge in [0, 0.05) is 19.9 Å². The number of carbonyl (C=O) groups is 2. The van der Waals surface area contributed by atoms with E-state index in [-0.39, 0.29) is 18.7 Å². The van der Waals surface area contributed by atoms with Crippen molar-refractivity contribution in [2.45, 2.75) is 33.6 Å². The predicted molar refractivity (Wildman–Crippen MR) is 51.0 cm³/mol. The highest BCUT2D eigenvalue weighted by Crippen LogP contribution is 1.93. The van der Waals surface area contributed by atoms with E-state index in [0.29, 0.717) is 6.61 Å². The molecule has 0 N–H and O–H groups in total. The van der Waals surface area contributed by atoms with Crippen LogP contribution in [0.25, 0.3) is 0 Å². The first-order valence-electron chi connectivity index (χ1n) is 4.55. The maximum absolute atomic E-state index is 10.9. The van der Waals surface area contributed by atoms with Gasteiger partial charge in [0.05, 0.1) is 6.61 Å². The van der Waals surface area contributed by atoms with Crippen molar-refractivity contribution in [2.24, 2.45) is 0 Å². The summed E-state index contributed by atoms with van der Waals surface area (Å²) in [7, 11) is 1.54. The number of aldehydes is 1. The predicted octanol–water partition coefficient (Wildman–Crippen LogP) is 1.40. The lowest BCUT2D eigenvalue weighted by molar-refractivity contribution is -0.176. The Morgan fingerprint density at radius 3 is 2.38 bits per heavy atom. The molecule has 0 aliphatic heterocycles. The second kappa shape index (κ2) is 11.1. The molecule has 4 heteroatoms. The van der Waals surface area contributed by atoms with Crippen molar-refractivity contribution in [1.29, 1.82) is 0 Å². The zero-order valence-electron chi connectivity index (χ0n) is 8.87. The lowest BCUT2D eigenvalue weighted by atomic mass is 10.3. The van der Waals surface area contributed by atoms with Crippen molar-refractivity contribution < 1.29 is 14.4 Å². The fourth-order valence-corrected chi connectivity index (χ4v) is 0.605. The Balaban J connectivity index is 0. The average Bonchev–Trinajstić information content (AvgIpc) is 2.17. The van der Waals surface area contributed by atoms with E-state index in [1.165, 1.54) is 7.05 Å². The molecular weight excluding hydrogens is 170 g/mol. The van der Waals surface area contributed by atoms with Crippen molar-refractivity contribution >= 4 is 12.2 Å². The van der Waals surface area contributed by atoms with Gasteiger partial charge in [-0.05, 0) is 6.92 Å². The van der Waals surface area contributed by atoms with Crippen LogP contribution < -0.4 is 0 Å². The average molecular weight is 189 g/mol. The molecule has 0 fully saturated rings. The number of amides is 1. The number of hydrogen-bond acceptors (Lipinski definition) is 3. The molecule has 0 unspecified atom stereocenters. The van der Waals surface area contributed by atoms with Crippen LogP contribution in [0.3, 0.4) is 0 Å². The van der Waals surface area contributed by atoms with Gasteiger partial charge in [-0.25, -0.2) is 5.06 Å². The van der Waals surface area contributed by atoms with E-state index in [9.17, 15) is 9.59 Å². The van der Waals surface area contributed by atoms with Crippen LogP contribution in [0.1, 0.15) is 33.6 Å². The van der Waals surface area contributed by atoms with Gasteiger partial charge >= 0.3 is 0 Å². The minimum absolute atomic E-state index is 0.168. The maximum Gasteiger partial charge on any atom is 0.246 e. The summed E-state index contributed by atoms with van der Waals surface area (Å²) in [5.41, 5.74) is 0. The lowest BCUT2D eigenvalue weighted by Crippen LogP contribution is -2.26. The van der Waals surface area contributed by atoms with Gasteiger partial charge in [-0.3, -0.25) is 9.63 Å². The van der Waals surface area contributed by atoms with Gasteiger partial charge < -0.3 is 4.79 Å². The Labute approximate surface area is 79.8 Å². The van der Waals surface area contributed by atoms with Gasteiger partial charge in [0.25, 0.3) is 0 Å². The van der Waals surface area contributed by atoms with Crippen molar-refractivity contribution in [1.82, 2.24) is 5.06 Å². The van der Waals surface area contributed by atoms with E-state index in [1.54, 1.807) is 6.92 Å². The Morgan fingerprint density at radius 2 is 2.00 bits per heavy atom. The summed E-state index contributed by atoms with van der Waals surface area (Å²) in [5.74, 6) is -0.168. The zero-order chi connectivity index (χ0) is 10.7. The van der Waals surface area contributed by atoms with Crippen LogP contribution in [0.2, 0.25) is 0 Å². The van der Waals surface area contributed by atoms with Crippen molar-refractivity contribution in [3.8, 4) is 0 Å². The van der Waals surface area contributed by atoms with Crippen LogP contribution in [0, 0.1) is 0 Å². The molecule has 0 aromatic rings. The van der Waals surface area contributed by atoms with E-state index in [4.69, 9.17) is 4.84 Å². The fraction of sp³-hybridized carbons (Fsp3) is 0.778. The largest absolute Gasteiger partial charge is 0.303 e. The van der Waals surface area contributed by atoms with Crippen LogP contribution in [-0.4, -0.2) is 30.9 Å². The van der Waals surface area contributed by atoms with E-state index < -0.39 is 0 Å². The first-order chi connectivity index (χ1) is 6.22.